The second kappa shape index (κ2) is 8.14. The van der Waals surface area contributed by atoms with E-state index in [0.717, 1.165) is 62.2 Å². The number of nitrogens with one attached hydrogen (secondary N) is 1. The number of anilines is 2. The molecule has 5 rings (SSSR count). The lowest BCUT2D eigenvalue weighted by Gasteiger charge is -2.29. The Bertz CT molecular complexity index is 1180. The quantitative estimate of drug-likeness (QED) is 0.455. The highest BCUT2D eigenvalue weighted by atomic mass is 16.1. The van der Waals surface area contributed by atoms with E-state index in [2.05, 4.69) is 23.2 Å². The second-order valence-corrected chi connectivity index (χ2v) is 8.44. The van der Waals surface area contributed by atoms with Gasteiger partial charge in [-0.1, -0.05) is 37.6 Å². The zero-order valence-electron chi connectivity index (χ0n) is 17.9. The molecule has 2 heterocycles. The van der Waals surface area contributed by atoms with Gasteiger partial charge in [0.05, 0.1) is 11.1 Å². The van der Waals surface area contributed by atoms with Crippen LogP contribution in [0.5, 0.6) is 0 Å². The van der Waals surface area contributed by atoms with E-state index >= 15 is 0 Å². The number of carbonyl (C=O) groups excluding carboxylic acids is 2. The normalized spacial score (nSPS) is 15.7. The molecule has 158 valence electrons. The van der Waals surface area contributed by atoms with Gasteiger partial charge in [-0.2, -0.15) is 0 Å². The maximum Gasteiger partial charge on any atom is 0.196 e. The molecule has 0 amide bonds. The molecule has 2 aliphatic rings. The van der Waals surface area contributed by atoms with E-state index in [4.69, 9.17) is 4.98 Å². The van der Waals surface area contributed by atoms with Crippen molar-refractivity contribution in [2.45, 2.75) is 39.0 Å². The number of hydrogen-bond donors (Lipinski definition) is 1. The molecule has 2 aromatic carbocycles. The molecule has 0 atom stereocenters. The highest BCUT2D eigenvalue weighted by Crippen LogP contribution is 2.36. The summed E-state index contributed by atoms with van der Waals surface area (Å²) >= 11 is 0. The zero-order valence-corrected chi connectivity index (χ0v) is 17.9. The number of benzene rings is 2. The standard InChI is InChI=1S/C26H27N3O2/c1-2-3-13-27-21-16-22(29-14-7-4-8-15-29)28-24-19(21)11-12-20-23(24)26(31)18-10-6-5-9-17(18)25(20)30/h5-6,9-12,16H,2-4,7-8,13-15H2,1H3,(H,27,28). The lowest BCUT2D eigenvalue weighted by molar-refractivity contribution is 0.0980. The summed E-state index contributed by atoms with van der Waals surface area (Å²) in [7, 11) is 0. The van der Waals surface area contributed by atoms with Crippen LogP contribution in [0.4, 0.5) is 11.5 Å². The van der Waals surface area contributed by atoms with E-state index in [1.807, 2.05) is 12.1 Å². The Morgan fingerprint density at radius 1 is 0.935 bits per heavy atom. The number of piperidine rings is 1. The van der Waals surface area contributed by atoms with Crippen molar-refractivity contribution in [1.29, 1.82) is 0 Å². The first-order valence-electron chi connectivity index (χ1n) is 11.3. The largest absolute Gasteiger partial charge is 0.384 e. The number of ketones is 2. The highest BCUT2D eigenvalue weighted by molar-refractivity contribution is 6.32. The van der Waals surface area contributed by atoms with E-state index in [-0.39, 0.29) is 11.6 Å². The molecule has 1 aliphatic heterocycles. The summed E-state index contributed by atoms with van der Waals surface area (Å²) in [6, 6.07) is 12.9. The van der Waals surface area contributed by atoms with Crippen molar-refractivity contribution < 1.29 is 9.59 Å². The number of nitrogens with zero attached hydrogens (tertiary/aromatic N) is 2. The molecule has 31 heavy (non-hydrogen) atoms. The minimum atomic E-state index is -0.112. The first kappa shape index (κ1) is 19.7. The highest BCUT2D eigenvalue weighted by Gasteiger charge is 2.32. The third kappa shape index (κ3) is 3.38. The third-order valence-corrected chi connectivity index (χ3v) is 6.38. The summed E-state index contributed by atoms with van der Waals surface area (Å²) in [5, 5.41) is 4.46. The average Bonchev–Trinajstić information content (AvgIpc) is 2.82. The van der Waals surface area contributed by atoms with Gasteiger partial charge in [-0.25, -0.2) is 4.98 Å². The van der Waals surface area contributed by atoms with Crippen molar-refractivity contribution >= 4 is 34.0 Å². The van der Waals surface area contributed by atoms with E-state index in [9.17, 15) is 9.59 Å². The lowest BCUT2D eigenvalue weighted by Crippen LogP contribution is -2.30. The van der Waals surface area contributed by atoms with Crippen molar-refractivity contribution in [2.24, 2.45) is 0 Å². The van der Waals surface area contributed by atoms with Gasteiger partial charge in [-0.3, -0.25) is 9.59 Å². The Kier molecular flexibility index (Phi) is 5.18. The molecule has 1 saturated heterocycles. The summed E-state index contributed by atoms with van der Waals surface area (Å²) < 4.78 is 0. The smallest absolute Gasteiger partial charge is 0.196 e. The van der Waals surface area contributed by atoms with Crippen molar-refractivity contribution in [3.8, 4) is 0 Å². The lowest BCUT2D eigenvalue weighted by atomic mass is 9.82. The van der Waals surface area contributed by atoms with Gasteiger partial charge in [-0.15, -0.1) is 0 Å². The van der Waals surface area contributed by atoms with Gasteiger partial charge in [0.1, 0.15) is 5.82 Å². The van der Waals surface area contributed by atoms with Crippen molar-refractivity contribution in [3.05, 3.63) is 64.7 Å². The molecule has 5 nitrogen and oxygen atoms in total. The van der Waals surface area contributed by atoms with Crippen molar-refractivity contribution in [2.75, 3.05) is 29.9 Å². The fourth-order valence-corrected chi connectivity index (χ4v) is 4.69. The van der Waals surface area contributed by atoms with Gasteiger partial charge in [-0.05, 0) is 37.8 Å². The molecule has 0 saturated carbocycles. The van der Waals surface area contributed by atoms with Gasteiger partial charge < -0.3 is 10.2 Å². The Balaban J connectivity index is 1.71. The fourth-order valence-electron chi connectivity index (χ4n) is 4.69. The summed E-state index contributed by atoms with van der Waals surface area (Å²) in [6.07, 6.45) is 5.71. The van der Waals surface area contributed by atoms with Crippen LogP contribution in [0.25, 0.3) is 10.9 Å². The zero-order chi connectivity index (χ0) is 21.4. The number of fused-ring (bicyclic) bond motifs is 4. The van der Waals surface area contributed by atoms with Gasteiger partial charge >= 0.3 is 0 Å². The SMILES string of the molecule is CCCCNc1cc(N2CCCCC2)nc2c3c(ccc12)C(=O)c1ccccc1C3=O. The minimum absolute atomic E-state index is 0.0993. The van der Waals surface area contributed by atoms with Crippen LogP contribution < -0.4 is 10.2 Å². The number of pyridine rings is 1. The van der Waals surface area contributed by atoms with Crippen LogP contribution in [0.3, 0.4) is 0 Å². The van der Waals surface area contributed by atoms with Gasteiger partial charge in [0, 0.05) is 53.5 Å². The van der Waals surface area contributed by atoms with E-state index < -0.39 is 0 Å². The topological polar surface area (TPSA) is 62.3 Å². The summed E-state index contributed by atoms with van der Waals surface area (Å²) in [5.74, 6) is 0.676. The van der Waals surface area contributed by atoms with Crippen molar-refractivity contribution in [1.82, 2.24) is 4.98 Å². The molecule has 5 heteroatoms. The Labute approximate surface area is 182 Å². The molecule has 0 unspecified atom stereocenters. The van der Waals surface area contributed by atoms with Crippen LogP contribution >= 0.6 is 0 Å². The molecule has 0 radical (unpaired) electrons. The first-order valence-corrected chi connectivity index (χ1v) is 11.3. The Morgan fingerprint density at radius 3 is 2.42 bits per heavy atom. The van der Waals surface area contributed by atoms with E-state index in [1.165, 1.54) is 6.42 Å². The maximum atomic E-state index is 13.5. The van der Waals surface area contributed by atoms with Crippen molar-refractivity contribution in [3.63, 3.8) is 0 Å². The molecule has 1 aromatic heterocycles. The number of carbonyl (C=O) groups is 2. The monoisotopic (exact) mass is 413 g/mol. The second-order valence-electron chi connectivity index (χ2n) is 8.44. The number of unbranched alkanes of at least 4 members (excludes halogenated alkanes) is 1. The Hall–Kier alpha value is -3.21. The molecular weight excluding hydrogens is 386 g/mol. The minimum Gasteiger partial charge on any atom is -0.384 e. The molecule has 3 aromatic rings. The van der Waals surface area contributed by atoms with Gasteiger partial charge in [0.15, 0.2) is 11.6 Å². The molecular formula is C26H27N3O2. The van der Waals surface area contributed by atoms with Gasteiger partial charge in [0.2, 0.25) is 0 Å². The average molecular weight is 414 g/mol. The predicted molar refractivity (Wildman–Crippen MR) is 125 cm³/mol. The predicted octanol–water partition coefficient (Wildman–Crippen LogP) is 5.21. The van der Waals surface area contributed by atoms with Crippen LogP contribution in [-0.2, 0) is 0 Å². The molecule has 1 N–H and O–H groups in total. The Morgan fingerprint density at radius 2 is 1.68 bits per heavy atom. The summed E-state index contributed by atoms with van der Waals surface area (Å²) in [6.45, 7) is 4.97. The number of aromatic nitrogens is 1. The molecule has 1 aliphatic carbocycles. The first-order chi connectivity index (χ1) is 15.2. The van der Waals surface area contributed by atoms with Crippen LogP contribution in [0.2, 0.25) is 0 Å². The summed E-state index contributed by atoms with van der Waals surface area (Å²) in [4.78, 5) is 33.9. The molecule has 0 spiro atoms. The van der Waals surface area contributed by atoms with Crippen LogP contribution in [0, 0.1) is 0 Å². The fraction of sp³-hybridized carbons (Fsp3) is 0.346. The maximum absolute atomic E-state index is 13.5. The van der Waals surface area contributed by atoms with E-state index in [0.29, 0.717) is 27.8 Å². The van der Waals surface area contributed by atoms with E-state index in [1.54, 1.807) is 24.3 Å². The summed E-state index contributed by atoms with van der Waals surface area (Å²) in [5.41, 5.74) is 3.47. The molecule has 1 fully saturated rings. The third-order valence-electron chi connectivity index (χ3n) is 6.38. The number of rotatable bonds is 5. The molecule has 0 bridgehead atoms. The number of hydrogen-bond acceptors (Lipinski definition) is 5. The van der Waals surface area contributed by atoms with Crippen LogP contribution in [-0.4, -0.2) is 36.2 Å². The van der Waals surface area contributed by atoms with Crippen LogP contribution in [0.1, 0.15) is 70.9 Å². The van der Waals surface area contributed by atoms with Gasteiger partial charge in [0.25, 0.3) is 0 Å². The van der Waals surface area contributed by atoms with Crippen LogP contribution in [0.15, 0.2) is 42.5 Å².